The molecular weight excluding hydrogens is 254 g/mol. The number of aromatic nitrogens is 2. The number of carbonyl (C=O) groups is 1. The molecule has 1 aromatic rings. The molecule has 2 heterocycles. The van der Waals surface area contributed by atoms with Gasteiger partial charge in [-0.2, -0.15) is 0 Å². The molecular formula is C15H27N3O2. The number of rotatable bonds is 6. The highest BCUT2D eigenvalue weighted by Gasteiger charge is 2.13. The van der Waals surface area contributed by atoms with E-state index >= 15 is 0 Å². The average molecular weight is 281 g/mol. The highest BCUT2D eigenvalue weighted by molar-refractivity contribution is 5.71. The van der Waals surface area contributed by atoms with E-state index in [4.69, 9.17) is 0 Å². The minimum absolute atomic E-state index is 0.380. The lowest BCUT2D eigenvalue weighted by Gasteiger charge is -2.08. The van der Waals surface area contributed by atoms with Gasteiger partial charge in [-0.15, -0.1) is 0 Å². The number of aliphatic carboxylic acids is 1. The Labute approximate surface area is 121 Å². The topological polar surface area (TPSA) is 61.0 Å². The number of hydrogen-bond acceptors (Lipinski definition) is 3. The van der Waals surface area contributed by atoms with E-state index in [-0.39, 0.29) is 6.04 Å². The molecule has 1 aromatic heterocycles. The van der Waals surface area contributed by atoms with Crippen molar-refractivity contribution in [2.75, 3.05) is 6.54 Å². The third-order valence-corrected chi connectivity index (χ3v) is 3.44. The van der Waals surface area contributed by atoms with E-state index in [1.807, 2.05) is 0 Å². The number of carbonyl (C=O) groups excluding carboxylic acids is 1. The molecule has 0 spiro atoms. The summed E-state index contributed by atoms with van der Waals surface area (Å²) >= 11 is 0. The second-order valence-corrected chi connectivity index (χ2v) is 5.35. The number of hydrogen-bond donors (Lipinski definition) is 1. The van der Waals surface area contributed by atoms with Crippen molar-refractivity contribution in [1.82, 2.24) is 9.88 Å². The van der Waals surface area contributed by atoms with E-state index in [1.54, 1.807) is 0 Å². The van der Waals surface area contributed by atoms with Crippen molar-refractivity contribution in [2.45, 2.75) is 58.0 Å². The summed E-state index contributed by atoms with van der Waals surface area (Å²) in [6, 6.07) is -0.380. The van der Waals surface area contributed by atoms with Gasteiger partial charge in [-0.3, -0.25) is 0 Å². The van der Waals surface area contributed by atoms with Crippen LogP contribution in [0.15, 0.2) is 18.7 Å². The minimum Gasteiger partial charge on any atom is -0.548 e. The van der Waals surface area contributed by atoms with Crippen LogP contribution in [0.1, 0.15) is 45.4 Å². The van der Waals surface area contributed by atoms with Crippen LogP contribution in [-0.4, -0.2) is 23.1 Å². The Morgan fingerprint density at radius 2 is 2.25 bits per heavy atom. The third-order valence-electron chi connectivity index (χ3n) is 3.44. The lowest BCUT2D eigenvalue weighted by atomic mass is 10.2. The van der Waals surface area contributed by atoms with Gasteiger partial charge in [0.05, 0.1) is 19.6 Å². The smallest absolute Gasteiger partial charge is 0.243 e. The van der Waals surface area contributed by atoms with Crippen molar-refractivity contribution in [2.24, 2.45) is 7.05 Å². The number of imidazole rings is 1. The maximum Gasteiger partial charge on any atom is 0.243 e. The lowest BCUT2D eigenvalue weighted by Crippen LogP contribution is -2.41. The molecule has 1 aliphatic heterocycles. The number of aryl methyl sites for hydroxylation is 2. The third kappa shape index (κ3) is 6.70. The molecule has 1 N–H and O–H groups in total. The standard InChI is InChI=1S/C10H19N2.C5H9NO2/c1-3-4-5-6-7-12-9-8-11(2)10-12;7-5(8)4-2-1-3-6-4/h8-10H,3-7H2,1-2H3;4,6H,1-3H2,(H,7,8)/q+1;/p-1/t;4-/m.0/s1. The SMILES string of the molecule is CCCCCCn1cc[n+](C)c1.O=C([O-])[C@@H]1CCCN1. The lowest BCUT2D eigenvalue weighted by molar-refractivity contribution is -0.671. The Balaban J connectivity index is 0.000000217. The van der Waals surface area contributed by atoms with Gasteiger partial charge in [-0.25, -0.2) is 9.13 Å². The largest absolute Gasteiger partial charge is 0.548 e. The molecule has 5 heteroatoms. The molecule has 1 aliphatic rings. The summed E-state index contributed by atoms with van der Waals surface area (Å²) in [4.78, 5) is 10.0. The van der Waals surface area contributed by atoms with Crippen molar-refractivity contribution in [3.63, 3.8) is 0 Å². The predicted molar refractivity (Wildman–Crippen MR) is 75.8 cm³/mol. The molecule has 1 atom stereocenters. The van der Waals surface area contributed by atoms with Gasteiger partial charge in [-0.1, -0.05) is 19.8 Å². The second kappa shape index (κ2) is 9.53. The quantitative estimate of drug-likeness (QED) is 0.606. The van der Waals surface area contributed by atoms with Gasteiger partial charge >= 0.3 is 0 Å². The first-order valence-electron chi connectivity index (χ1n) is 7.58. The van der Waals surface area contributed by atoms with Gasteiger partial charge < -0.3 is 15.2 Å². The molecule has 0 radical (unpaired) electrons. The van der Waals surface area contributed by atoms with Crippen molar-refractivity contribution in [3.8, 4) is 0 Å². The maximum absolute atomic E-state index is 10.0. The first-order valence-corrected chi connectivity index (χ1v) is 7.58. The maximum atomic E-state index is 10.0. The van der Waals surface area contributed by atoms with Gasteiger partial charge in [0.15, 0.2) is 0 Å². The minimum atomic E-state index is -0.970. The normalized spacial score (nSPS) is 17.6. The summed E-state index contributed by atoms with van der Waals surface area (Å²) in [6.45, 7) is 4.23. The molecule has 0 aliphatic carbocycles. The van der Waals surface area contributed by atoms with Crippen LogP contribution in [0.5, 0.6) is 0 Å². The Kier molecular flexibility index (Phi) is 7.95. The molecule has 1 saturated heterocycles. The first-order chi connectivity index (χ1) is 9.63. The second-order valence-electron chi connectivity index (χ2n) is 5.35. The van der Waals surface area contributed by atoms with Crippen LogP contribution in [0.4, 0.5) is 0 Å². The summed E-state index contributed by atoms with van der Waals surface area (Å²) in [6.07, 6.45) is 13.4. The zero-order chi connectivity index (χ0) is 14.8. The Bertz CT molecular complexity index is 384. The Morgan fingerprint density at radius 3 is 2.70 bits per heavy atom. The molecule has 0 saturated carbocycles. The van der Waals surface area contributed by atoms with Gasteiger partial charge in [0.2, 0.25) is 6.33 Å². The van der Waals surface area contributed by atoms with E-state index in [2.05, 4.69) is 47.1 Å². The molecule has 0 amide bonds. The van der Waals surface area contributed by atoms with Gasteiger partial charge in [0, 0.05) is 6.04 Å². The average Bonchev–Trinajstić information content (AvgIpc) is 3.07. The zero-order valence-electron chi connectivity index (χ0n) is 12.7. The van der Waals surface area contributed by atoms with Crippen molar-refractivity contribution in [1.29, 1.82) is 0 Å². The fourth-order valence-electron chi connectivity index (χ4n) is 2.24. The fraction of sp³-hybridized carbons (Fsp3) is 0.733. The van der Waals surface area contributed by atoms with Crippen LogP contribution in [-0.2, 0) is 18.4 Å². The first kappa shape index (κ1) is 16.7. The zero-order valence-corrected chi connectivity index (χ0v) is 12.7. The molecule has 114 valence electrons. The van der Waals surface area contributed by atoms with Crippen molar-refractivity contribution in [3.05, 3.63) is 18.7 Å². The molecule has 5 nitrogen and oxygen atoms in total. The summed E-state index contributed by atoms with van der Waals surface area (Å²) in [7, 11) is 2.06. The number of carboxylic acid groups (broad SMARTS) is 1. The molecule has 0 aromatic carbocycles. The van der Waals surface area contributed by atoms with Gasteiger partial charge in [-0.05, 0) is 32.2 Å². The van der Waals surface area contributed by atoms with Gasteiger partial charge in [0.1, 0.15) is 12.4 Å². The monoisotopic (exact) mass is 281 g/mol. The van der Waals surface area contributed by atoms with Crippen LogP contribution in [0, 0.1) is 0 Å². The molecule has 0 bridgehead atoms. The summed E-state index contributed by atoms with van der Waals surface area (Å²) in [5.41, 5.74) is 0. The van der Waals surface area contributed by atoms with Gasteiger partial charge in [0.25, 0.3) is 0 Å². The molecule has 2 rings (SSSR count). The van der Waals surface area contributed by atoms with E-state index in [1.165, 1.54) is 32.2 Å². The van der Waals surface area contributed by atoms with E-state index < -0.39 is 5.97 Å². The Hall–Kier alpha value is -1.36. The highest BCUT2D eigenvalue weighted by Crippen LogP contribution is 2.02. The van der Waals surface area contributed by atoms with Crippen LogP contribution in [0.3, 0.4) is 0 Å². The fourth-order valence-corrected chi connectivity index (χ4v) is 2.24. The number of nitrogens with zero attached hydrogens (tertiary/aromatic N) is 2. The molecule has 20 heavy (non-hydrogen) atoms. The summed E-state index contributed by atoms with van der Waals surface area (Å²) in [5.74, 6) is -0.970. The Morgan fingerprint density at radius 1 is 1.45 bits per heavy atom. The molecule has 0 unspecified atom stereocenters. The number of carboxylic acids is 1. The number of unbranched alkanes of at least 4 members (excludes halogenated alkanes) is 3. The van der Waals surface area contributed by atoms with Crippen LogP contribution in [0.2, 0.25) is 0 Å². The van der Waals surface area contributed by atoms with Crippen molar-refractivity contribution >= 4 is 5.97 Å². The number of nitrogens with one attached hydrogen (secondary N) is 1. The van der Waals surface area contributed by atoms with Crippen LogP contribution in [0.25, 0.3) is 0 Å². The van der Waals surface area contributed by atoms with Crippen molar-refractivity contribution < 1.29 is 14.5 Å². The van der Waals surface area contributed by atoms with Crippen LogP contribution < -0.4 is 15.0 Å². The van der Waals surface area contributed by atoms with E-state index in [0.717, 1.165) is 19.4 Å². The van der Waals surface area contributed by atoms with E-state index in [9.17, 15) is 9.90 Å². The summed E-state index contributed by atoms with van der Waals surface area (Å²) in [5, 5.41) is 12.8. The van der Waals surface area contributed by atoms with Crippen LogP contribution >= 0.6 is 0 Å². The predicted octanol–water partition coefficient (Wildman–Crippen LogP) is 0.381. The highest BCUT2D eigenvalue weighted by atomic mass is 16.4. The van der Waals surface area contributed by atoms with E-state index in [0.29, 0.717) is 0 Å². The summed E-state index contributed by atoms with van der Waals surface area (Å²) < 4.78 is 4.33. The molecule has 1 fully saturated rings.